The summed E-state index contributed by atoms with van der Waals surface area (Å²) in [6, 6.07) is 10.4. The summed E-state index contributed by atoms with van der Waals surface area (Å²) in [6.45, 7) is 8.95. The number of hydrogen-bond acceptors (Lipinski definition) is 4. The molecule has 0 amide bonds. The molecule has 0 spiro atoms. The minimum Gasteiger partial charge on any atom is -0.366 e. The standard InChI is InChI=1S/C20H21N5/c1-12-7-8-18-16(6-5-9-21-18)17(12)11-22-19-10-13(2)23-20-14(3)15(4)24-25(19)20/h5-10,22H,11H2,1-4H3. The Morgan fingerprint density at radius 1 is 1.08 bits per heavy atom. The van der Waals surface area contributed by atoms with E-state index in [0.717, 1.165) is 33.9 Å². The molecule has 0 aliphatic heterocycles. The van der Waals surface area contributed by atoms with Gasteiger partial charge in [0, 0.05) is 35.5 Å². The molecule has 1 N–H and O–H groups in total. The van der Waals surface area contributed by atoms with Crippen molar-refractivity contribution >= 4 is 22.4 Å². The van der Waals surface area contributed by atoms with Gasteiger partial charge in [0.15, 0.2) is 5.65 Å². The van der Waals surface area contributed by atoms with E-state index in [-0.39, 0.29) is 0 Å². The number of rotatable bonds is 3. The second-order valence-corrected chi connectivity index (χ2v) is 6.51. The van der Waals surface area contributed by atoms with Crippen LogP contribution in [0.2, 0.25) is 0 Å². The van der Waals surface area contributed by atoms with E-state index in [9.17, 15) is 0 Å². The Morgan fingerprint density at radius 2 is 1.92 bits per heavy atom. The molecule has 126 valence electrons. The number of pyridine rings is 1. The van der Waals surface area contributed by atoms with Crippen LogP contribution in [-0.4, -0.2) is 19.6 Å². The minimum absolute atomic E-state index is 0.714. The topological polar surface area (TPSA) is 55.1 Å². The average Bonchev–Trinajstić information content (AvgIpc) is 2.89. The molecule has 5 nitrogen and oxygen atoms in total. The summed E-state index contributed by atoms with van der Waals surface area (Å²) < 4.78 is 1.90. The van der Waals surface area contributed by atoms with Crippen molar-refractivity contribution in [3.8, 4) is 0 Å². The summed E-state index contributed by atoms with van der Waals surface area (Å²) >= 11 is 0. The van der Waals surface area contributed by atoms with E-state index in [1.165, 1.54) is 16.5 Å². The Kier molecular flexibility index (Phi) is 3.64. The number of nitrogens with one attached hydrogen (secondary N) is 1. The summed E-state index contributed by atoms with van der Waals surface area (Å²) in [5.41, 5.74) is 7.55. The Morgan fingerprint density at radius 3 is 2.76 bits per heavy atom. The molecule has 0 unspecified atom stereocenters. The van der Waals surface area contributed by atoms with Gasteiger partial charge in [-0.3, -0.25) is 4.98 Å². The van der Waals surface area contributed by atoms with Crippen molar-refractivity contribution in [1.29, 1.82) is 0 Å². The van der Waals surface area contributed by atoms with Gasteiger partial charge in [-0.05, 0) is 51.0 Å². The van der Waals surface area contributed by atoms with Gasteiger partial charge in [0.25, 0.3) is 0 Å². The predicted octanol–water partition coefficient (Wildman–Crippen LogP) is 4.12. The van der Waals surface area contributed by atoms with Crippen LogP contribution >= 0.6 is 0 Å². The highest BCUT2D eigenvalue weighted by atomic mass is 15.3. The number of aromatic nitrogens is 4. The van der Waals surface area contributed by atoms with Crippen LogP contribution < -0.4 is 5.32 Å². The molecule has 4 rings (SSSR count). The van der Waals surface area contributed by atoms with Crippen LogP contribution in [0.4, 0.5) is 5.82 Å². The summed E-state index contributed by atoms with van der Waals surface area (Å²) in [4.78, 5) is 9.09. The Bertz CT molecular complexity index is 1090. The molecule has 0 fully saturated rings. The second-order valence-electron chi connectivity index (χ2n) is 6.51. The van der Waals surface area contributed by atoms with Gasteiger partial charge >= 0.3 is 0 Å². The fraction of sp³-hybridized carbons (Fsp3) is 0.250. The number of benzene rings is 1. The smallest absolute Gasteiger partial charge is 0.160 e. The first-order valence-corrected chi connectivity index (χ1v) is 8.45. The maximum absolute atomic E-state index is 4.63. The SMILES string of the molecule is Cc1cc(NCc2c(C)ccc3ncccc23)n2nc(C)c(C)c2n1. The molecule has 0 radical (unpaired) electrons. The third kappa shape index (κ3) is 2.61. The van der Waals surface area contributed by atoms with Crippen LogP contribution in [0.25, 0.3) is 16.6 Å². The summed E-state index contributed by atoms with van der Waals surface area (Å²) in [5.74, 6) is 0.957. The molecule has 4 aromatic rings. The average molecular weight is 331 g/mol. The lowest BCUT2D eigenvalue weighted by molar-refractivity contribution is 0.900. The third-order valence-corrected chi connectivity index (χ3v) is 4.76. The van der Waals surface area contributed by atoms with Gasteiger partial charge in [-0.25, -0.2) is 4.98 Å². The molecule has 0 bridgehead atoms. The predicted molar refractivity (Wildman–Crippen MR) is 101 cm³/mol. The zero-order valence-electron chi connectivity index (χ0n) is 15.0. The van der Waals surface area contributed by atoms with E-state index in [0.29, 0.717) is 6.54 Å². The van der Waals surface area contributed by atoms with Gasteiger partial charge in [0.05, 0.1) is 11.2 Å². The van der Waals surface area contributed by atoms with Crippen molar-refractivity contribution in [1.82, 2.24) is 19.6 Å². The normalized spacial score (nSPS) is 11.4. The quantitative estimate of drug-likeness (QED) is 0.613. The van der Waals surface area contributed by atoms with E-state index in [2.05, 4.69) is 52.4 Å². The maximum atomic E-state index is 4.63. The lowest BCUT2D eigenvalue weighted by Crippen LogP contribution is -2.08. The Hall–Kier alpha value is -2.95. The van der Waals surface area contributed by atoms with Gasteiger partial charge in [0.2, 0.25) is 0 Å². The van der Waals surface area contributed by atoms with E-state index in [4.69, 9.17) is 0 Å². The molecule has 0 atom stereocenters. The van der Waals surface area contributed by atoms with Gasteiger partial charge < -0.3 is 5.32 Å². The molecule has 3 heterocycles. The highest BCUT2D eigenvalue weighted by Gasteiger charge is 2.12. The van der Waals surface area contributed by atoms with Gasteiger partial charge in [0.1, 0.15) is 5.82 Å². The van der Waals surface area contributed by atoms with Crippen molar-refractivity contribution in [2.24, 2.45) is 0 Å². The minimum atomic E-state index is 0.714. The van der Waals surface area contributed by atoms with Gasteiger partial charge in [-0.1, -0.05) is 12.1 Å². The van der Waals surface area contributed by atoms with E-state index in [1.54, 1.807) is 0 Å². The maximum Gasteiger partial charge on any atom is 0.160 e. The van der Waals surface area contributed by atoms with E-state index < -0.39 is 0 Å². The Balaban J connectivity index is 1.77. The number of hydrogen-bond donors (Lipinski definition) is 1. The lowest BCUT2D eigenvalue weighted by Gasteiger charge is -2.13. The van der Waals surface area contributed by atoms with Crippen molar-refractivity contribution in [2.45, 2.75) is 34.2 Å². The zero-order chi connectivity index (χ0) is 17.6. The van der Waals surface area contributed by atoms with Crippen molar-refractivity contribution in [3.05, 3.63) is 64.6 Å². The van der Waals surface area contributed by atoms with Crippen LogP contribution in [0.1, 0.15) is 28.1 Å². The summed E-state index contributed by atoms with van der Waals surface area (Å²) in [6.07, 6.45) is 1.83. The number of aryl methyl sites for hydroxylation is 4. The van der Waals surface area contributed by atoms with Gasteiger partial charge in [-0.15, -0.1) is 0 Å². The first-order valence-electron chi connectivity index (χ1n) is 8.45. The van der Waals surface area contributed by atoms with Gasteiger partial charge in [-0.2, -0.15) is 9.61 Å². The van der Waals surface area contributed by atoms with Crippen molar-refractivity contribution in [2.75, 3.05) is 5.32 Å². The highest BCUT2D eigenvalue weighted by molar-refractivity contribution is 5.83. The van der Waals surface area contributed by atoms with Crippen molar-refractivity contribution in [3.63, 3.8) is 0 Å². The molecule has 5 heteroatoms. The molecule has 1 aromatic carbocycles. The van der Waals surface area contributed by atoms with E-state index in [1.807, 2.05) is 36.7 Å². The first-order chi connectivity index (χ1) is 12.0. The van der Waals surface area contributed by atoms with Crippen LogP contribution in [0.3, 0.4) is 0 Å². The van der Waals surface area contributed by atoms with Crippen LogP contribution in [-0.2, 0) is 6.54 Å². The fourth-order valence-corrected chi connectivity index (χ4v) is 3.21. The molecule has 25 heavy (non-hydrogen) atoms. The third-order valence-electron chi connectivity index (χ3n) is 4.76. The molecular weight excluding hydrogens is 310 g/mol. The van der Waals surface area contributed by atoms with Crippen molar-refractivity contribution < 1.29 is 0 Å². The number of fused-ring (bicyclic) bond motifs is 2. The summed E-state index contributed by atoms with van der Waals surface area (Å²) in [7, 11) is 0. The molecule has 3 aromatic heterocycles. The molecule has 0 aliphatic carbocycles. The monoisotopic (exact) mass is 331 g/mol. The fourth-order valence-electron chi connectivity index (χ4n) is 3.21. The first kappa shape index (κ1) is 15.6. The van der Waals surface area contributed by atoms with Crippen LogP contribution in [0.15, 0.2) is 36.5 Å². The molecule has 0 saturated carbocycles. The number of nitrogens with zero attached hydrogens (tertiary/aromatic N) is 4. The number of anilines is 1. The van der Waals surface area contributed by atoms with Crippen LogP contribution in [0.5, 0.6) is 0 Å². The Labute approximate surface area is 146 Å². The lowest BCUT2D eigenvalue weighted by atomic mass is 10.0. The summed E-state index contributed by atoms with van der Waals surface area (Å²) in [5, 5.41) is 9.37. The largest absolute Gasteiger partial charge is 0.366 e. The molecule has 0 aliphatic rings. The highest BCUT2D eigenvalue weighted by Crippen LogP contribution is 2.23. The van der Waals surface area contributed by atoms with Crippen LogP contribution in [0, 0.1) is 27.7 Å². The van der Waals surface area contributed by atoms with E-state index >= 15 is 0 Å². The molecule has 0 saturated heterocycles. The second kappa shape index (κ2) is 5.84. The molecular formula is C20H21N5. The zero-order valence-corrected chi connectivity index (χ0v) is 15.0.